The lowest BCUT2D eigenvalue weighted by atomic mass is 9.94. The Bertz CT molecular complexity index is 152. The highest BCUT2D eigenvalue weighted by molar-refractivity contribution is 5.72. The zero-order valence-corrected chi connectivity index (χ0v) is 7.46. The van der Waals surface area contributed by atoms with Gasteiger partial charge in [0.1, 0.15) is 6.10 Å². The maximum Gasteiger partial charge on any atom is 0.308 e. The van der Waals surface area contributed by atoms with Gasteiger partial charge in [0, 0.05) is 0 Å². The molecule has 1 saturated heterocycles. The molecule has 1 heterocycles. The third-order valence-corrected chi connectivity index (χ3v) is 2.30. The summed E-state index contributed by atoms with van der Waals surface area (Å²) in [5, 5.41) is 0. The van der Waals surface area contributed by atoms with Gasteiger partial charge in [-0.05, 0) is 18.8 Å². The molecule has 64 valence electrons. The molecule has 0 aliphatic carbocycles. The molecule has 0 aromatic heterocycles. The fourth-order valence-corrected chi connectivity index (χ4v) is 1.33. The van der Waals surface area contributed by atoms with Gasteiger partial charge in [-0.2, -0.15) is 0 Å². The smallest absolute Gasteiger partial charge is 0.308 e. The summed E-state index contributed by atoms with van der Waals surface area (Å²) in [6.07, 6.45) is 2.19. The molecule has 1 aliphatic rings. The van der Waals surface area contributed by atoms with Gasteiger partial charge in [-0.1, -0.05) is 20.8 Å². The average Bonchev–Trinajstić information content (AvgIpc) is 1.94. The van der Waals surface area contributed by atoms with Crippen molar-refractivity contribution in [2.75, 3.05) is 0 Å². The van der Waals surface area contributed by atoms with Crippen LogP contribution in [-0.4, -0.2) is 12.1 Å². The van der Waals surface area contributed by atoms with E-state index in [-0.39, 0.29) is 18.0 Å². The quantitative estimate of drug-likeness (QED) is 0.543. The van der Waals surface area contributed by atoms with E-state index in [0.29, 0.717) is 5.92 Å². The van der Waals surface area contributed by atoms with Crippen molar-refractivity contribution in [2.24, 2.45) is 11.8 Å². The van der Waals surface area contributed by atoms with Crippen LogP contribution in [0, 0.1) is 11.8 Å². The molecule has 0 unspecified atom stereocenters. The summed E-state index contributed by atoms with van der Waals surface area (Å²) in [5.74, 6) is 0.561. The van der Waals surface area contributed by atoms with E-state index in [1.807, 2.05) is 6.92 Å². The first-order chi connectivity index (χ1) is 5.11. The van der Waals surface area contributed by atoms with E-state index in [2.05, 4.69) is 13.8 Å². The summed E-state index contributed by atoms with van der Waals surface area (Å²) >= 11 is 0. The second-order valence-corrected chi connectivity index (χ2v) is 3.70. The van der Waals surface area contributed by atoms with E-state index < -0.39 is 0 Å². The van der Waals surface area contributed by atoms with Crippen LogP contribution in [-0.2, 0) is 9.53 Å². The van der Waals surface area contributed by atoms with E-state index in [0.717, 1.165) is 12.8 Å². The molecule has 2 nitrogen and oxygen atoms in total. The topological polar surface area (TPSA) is 26.3 Å². The number of cyclic esters (lactones) is 1. The first-order valence-corrected chi connectivity index (χ1v) is 4.31. The van der Waals surface area contributed by atoms with Gasteiger partial charge in [-0.15, -0.1) is 0 Å². The van der Waals surface area contributed by atoms with Crippen LogP contribution in [0.5, 0.6) is 0 Å². The first-order valence-electron chi connectivity index (χ1n) is 4.31. The van der Waals surface area contributed by atoms with Crippen LogP contribution >= 0.6 is 0 Å². The van der Waals surface area contributed by atoms with Crippen molar-refractivity contribution in [3.63, 3.8) is 0 Å². The molecule has 1 rings (SSSR count). The predicted octanol–water partition coefficient (Wildman–Crippen LogP) is 1.98. The maximum absolute atomic E-state index is 11.1. The Morgan fingerprint density at radius 2 is 2.09 bits per heavy atom. The van der Waals surface area contributed by atoms with E-state index in [1.165, 1.54) is 0 Å². The largest absolute Gasteiger partial charge is 0.462 e. The van der Waals surface area contributed by atoms with Crippen molar-refractivity contribution < 1.29 is 9.53 Å². The molecule has 1 aliphatic heterocycles. The monoisotopic (exact) mass is 156 g/mol. The van der Waals surface area contributed by atoms with Gasteiger partial charge in [0.15, 0.2) is 0 Å². The molecule has 0 bridgehead atoms. The number of rotatable bonds is 1. The zero-order chi connectivity index (χ0) is 8.43. The minimum absolute atomic E-state index is 0.0186. The Morgan fingerprint density at radius 1 is 1.45 bits per heavy atom. The summed E-state index contributed by atoms with van der Waals surface area (Å²) in [4.78, 5) is 11.1. The molecule has 1 fully saturated rings. The van der Waals surface area contributed by atoms with Crippen LogP contribution in [0.2, 0.25) is 0 Å². The van der Waals surface area contributed by atoms with Crippen molar-refractivity contribution in [1.82, 2.24) is 0 Å². The summed E-state index contributed by atoms with van der Waals surface area (Å²) < 4.78 is 5.22. The van der Waals surface area contributed by atoms with Crippen molar-refractivity contribution in [3.8, 4) is 0 Å². The van der Waals surface area contributed by atoms with Gasteiger partial charge < -0.3 is 4.74 Å². The number of hydrogen-bond donors (Lipinski definition) is 0. The molecular weight excluding hydrogens is 140 g/mol. The lowest BCUT2D eigenvalue weighted by molar-refractivity contribution is -0.162. The molecule has 0 saturated carbocycles. The molecule has 0 amide bonds. The molecule has 2 atom stereocenters. The number of hydrogen-bond acceptors (Lipinski definition) is 2. The van der Waals surface area contributed by atoms with Crippen molar-refractivity contribution >= 4 is 5.97 Å². The minimum Gasteiger partial charge on any atom is -0.462 e. The zero-order valence-electron chi connectivity index (χ0n) is 7.46. The molecule has 0 spiro atoms. The van der Waals surface area contributed by atoms with Crippen LogP contribution in [0.3, 0.4) is 0 Å². The Morgan fingerprint density at radius 3 is 2.55 bits per heavy atom. The van der Waals surface area contributed by atoms with Gasteiger partial charge in [0.25, 0.3) is 0 Å². The third kappa shape index (κ3) is 1.95. The fraction of sp³-hybridized carbons (Fsp3) is 0.889. The summed E-state index contributed by atoms with van der Waals surface area (Å²) in [5.41, 5.74) is 0. The lowest BCUT2D eigenvalue weighted by Gasteiger charge is -2.28. The predicted molar refractivity (Wildman–Crippen MR) is 43.1 cm³/mol. The van der Waals surface area contributed by atoms with Gasteiger partial charge in [-0.25, -0.2) is 0 Å². The number of ether oxygens (including phenoxy) is 1. The first kappa shape index (κ1) is 8.57. The molecule has 0 aromatic rings. The molecular formula is C9H16O2. The second-order valence-electron chi connectivity index (χ2n) is 3.70. The second kappa shape index (κ2) is 3.24. The van der Waals surface area contributed by atoms with Gasteiger partial charge in [0.05, 0.1) is 5.92 Å². The van der Waals surface area contributed by atoms with E-state index >= 15 is 0 Å². The molecule has 11 heavy (non-hydrogen) atoms. The molecule has 0 aromatic carbocycles. The Kier molecular flexibility index (Phi) is 2.53. The molecule has 0 radical (unpaired) electrons. The highest BCUT2D eigenvalue weighted by atomic mass is 16.5. The van der Waals surface area contributed by atoms with Gasteiger partial charge in [-0.3, -0.25) is 4.79 Å². The molecule has 0 N–H and O–H groups in total. The lowest BCUT2D eigenvalue weighted by Crippen LogP contribution is -2.32. The molecule has 2 heteroatoms. The average molecular weight is 156 g/mol. The Hall–Kier alpha value is -0.530. The maximum atomic E-state index is 11.1. The third-order valence-electron chi connectivity index (χ3n) is 2.30. The van der Waals surface area contributed by atoms with Crippen molar-refractivity contribution in [1.29, 1.82) is 0 Å². The number of carbonyl (C=O) groups excluding carboxylic acids is 1. The van der Waals surface area contributed by atoms with Gasteiger partial charge >= 0.3 is 5.97 Å². The van der Waals surface area contributed by atoms with E-state index in [1.54, 1.807) is 0 Å². The Labute approximate surface area is 67.9 Å². The normalized spacial score (nSPS) is 32.2. The van der Waals surface area contributed by atoms with Crippen LogP contribution in [0.15, 0.2) is 0 Å². The van der Waals surface area contributed by atoms with Crippen LogP contribution < -0.4 is 0 Å². The fourth-order valence-electron chi connectivity index (χ4n) is 1.33. The highest BCUT2D eigenvalue weighted by Crippen LogP contribution is 2.23. The number of esters is 1. The summed E-state index contributed by atoms with van der Waals surface area (Å²) in [6, 6.07) is 0. The van der Waals surface area contributed by atoms with Gasteiger partial charge in [0.2, 0.25) is 0 Å². The highest BCUT2D eigenvalue weighted by Gasteiger charge is 2.28. The van der Waals surface area contributed by atoms with E-state index in [9.17, 15) is 4.79 Å². The van der Waals surface area contributed by atoms with Crippen LogP contribution in [0.4, 0.5) is 0 Å². The van der Waals surface area contributed by atoms with Crippen LogP contribution in [0.25, 0.3) is 0 Å². The minimum atomic E-state index is -0.0186. The SMILES string of the molecule is CC(C)[C@H]1CC[C@H](C)C(=O)O1. The van der Waals surface area contributed by atoms with Crippen molar-refractivity contribution in [3.05, 3.63) is 0 Å². The summed E-state index contributed by atoms with van der Waals surface area (Å²) in [7, 11) is 0. The summed E-state index contributed by atoms with van der Waals surface area (Å²) in [6.45, 7) is 6.11. The number of carbonyl (C=O) groups is 1. The van der Waals surface area contributed by atoms with Crippen molar-refractivity contribution in [2.45, 2.75) is 39.7 Å². The van der Waals surface area contributed by atoms with E-state index in [4.69, 9.17) is 4.74 Å². The Balaban J connectivity index is 2.46. The standard InChI is InChI=1S/C9H16O2/c1-6(2)8-5-4-7(3)9(10)11-8/h6-8H,4-5H2,1-3H3/t7-,8+/m0/s1. The van der Waals surface area contributed by atoms with Crippen LogP contribution in [0.1, 0.15) is 33.6 Å².